The van der Waals surface area contributed by atoms with Crippen LogP contribution in [0.25, 0.3) is 0 Å². The first kappa shape index (κ1) is 15.5. The molecule has 2 nitrogen and oxygen atoms in total. The Morgan fingerprint density at radius 3 is 2.43 bits per heavy atom. The van der Waals surface area contributed by atoms with E-state index in [0.717, 1.165) is 24.3 Å². The van der Waals surface area contributed by atoms with Gasteiger partial charge >= 0.3 is 0 Å². The van der Waals surface area contributed by atoms with Gasteiger partial charge in [-0.05, 0) is 55.8 Å². The van der Waals surface area contributed by atoms with Crippen LogP contribution < -0.4 is 10.1 Å². The maximum atomic E-state index is 13.5. The predicted octanol–water partition coefficient (Wildman–Crippen LogP) is 4.85. The first-order valence-corrected chi connectivity index (χ1v) is 7.43. The zero-order valence-electron chi connectivity index (χ0n) is 12.8. The first-order chi connectivity index (χ1) is 10.1. The Bertz CT molecular complexity index is 580. The van der Waals surface area contributed by atoms with Gasteiger partial charge in [0.2, 0.25) is 0 Å². The molecule has 0 radical (unpaired) electrons. The van der Waals surface area contributed by atoms with Gasteiger partial charge in [-0.15, -0.1) is 0 Å². The number of hydrogen-bond acceptors (Lipinski definition) is 2. The summed E-state index contributed by atoms with van der Waals surface area (Å²) >= 11 is 0. The Morgan fingerprint density at radius 1 is 1.10 bits per heavy atom. The molecule has 0 bridgehead atoms. The average Bonchev–Trinajstić information content (AvgIpc) is 2.50. The molecular weight excluding hydrogens is 265 g/mol. The lowest BCUT2D eigenvalue weighted by Crippen LogP contribution is -2.18. The number of nitrogens with one attached hydrogen (secondary N) is 1. The molecule has 0 aliphatic rings. The summed E-state index contributed by atoms with van der Waals surface area (Å²) < 4.78 is 19.4. The molecular formula is C18H22FNO. The van der Waals surface area contributed by atoms with Crippen LogP contribution in [-0.2, 0) is 6.42 Å². The van der Waals surface area contributed by atoms with E-state index in [1.807, 2.05) is 38.1 Å². The van der Waals surface area contributed by atoms with E-state index >= 15 is 0 Å². The summed E-state index contributed by atoms with van der Waals surface area (Å²) in [5.41, 5.74) is 2.10. The molecule has 2 rings (SSSR count). The highest BCUT2D eigenvalue weighted by atomic mass is 19.1. The highest BCUT2D eigenvalue weighted by Crippen LogP contribution is 2.30. The van der Waals surface area contributed by atoms with Crippen molar-refractivity contribution in [2.45, 2.75) is 33.2 Å². The van der Waals surface area contributed by atoms with Crippen molar-refractivity contribution in [2.24, 2.45) is 0 Å². The fourth-order valence-electron chi connectivity index (χ4n) is 2.29. The van der Waals surface area contributed by atoms with E-state index in [0.29, 0.717) is 5.75 Å². The van der Waals surface area contributed by atoms with E-state index in [-0.39, 0.29) is 11.9 Å². The van der Waals surface area contributed by atoms with E-state index in [4.69, 9.17) is 4.74 Å². The molecule has 0 spiro atoms. The van der Waals surface area contributed by atoms with E-state index < -0.39 is 0 Å². The molecule has 0 saturated heterocycles. The minimum absolute atomic E-state index is 0.0376. The van der Waals surface area contributed by atoms with Gasteiger partial charge in [-0.2, -0.15) is 0 Å². The van der Waals surface area contributed by atoms with Crippen LogP contribution in [-0.4, -0.2) is 6.54 Å². The normalized spacial score (nSPS) is 12.2. The number of halogens is 1. The molecule has 0 aliphatic carbocycles. The molecule has 0 aliphatic heterocycles. The zero-order chi connectivity index (χ0) is 15.2. The average molecular weight is 287 g/mol. The van der Waals surface area contributed by atoms with Crippen molar-refractivity contribution in [2.75, 3.05) is 6.54 Å². The van der Waals surface area contributed by atoms with Crippen molar-refractivity contribution in [1.29, 1.82) is 0 Å². The summed E-state index contributed by atoms with van der Waals surface area (Å²) in [5, 5.41) is 3.29. The third-order valence-electron chi connectivity index (χ3n) is 3.51. The fourth-order valence-corrected chi connectivity index (χ4v) is 2.29. The molecule has 2 aromatic carbocycles. The second kappa shape index (κ2) is 7.23. The van der Waals surface area contributed by atoms with E-state index in [2.05, 4.69) is 12.2 Å². The van der Waals surface area contributed by atoms with Crippen molar-refractivity contribution >= 4 is 0 Å². The first-order valence-electron chi connectivity index (χ1n) is 7.43. The summed E-state index contributed by atoms with van der Waals surface area (Å²) in [5.74, 6) is 1.21. The van der Waals surface area contributed by atoms with Gasteiger partial charge in [-0.1, -0.05) is 26.0 Å². The summed E-state index contributed by atoms with van der Waals surface area (Å²) in [6.45, 7) is 6.97. The molecule has 0 heterocycles. The summed E-state index contributed by atoms with van der Waals surface area (Å²) in [7, 11) is 0. The maximum absolute atomic E-state index is 13.5. The Labute approximate surface area is 126 Å². The summed E-state index contributed by atoms with van der Waals surface area (Å²) in [6, 6.07) is 12.7. The van der Waals surface area contributed by atoms with Crippen molar-refractivity contribution in [3.63, 3.8) is 0 Å². The molecule has 0 fully saturated rings. The van der Waals surface area contributed by atoms with Gasteiger partial charge in [0.15, 0.2) is 0 Å². The lowest BCUT2D eigenvalue weighted by atomic mass is 10.1. The molecule has 0 saturated carbocycles. The largest absolute Gasteiger partial charge is 0.457 e. The highest BCUT2D eigenvalue weighted by molar-refractivity contribution is 5.40. The van der Waals surface area contributed by atoms with Crippen molar-refractivity contribution < 1.29 is 9.13 Å². The van der Waals surface area contributed by atoms with Gasteiger partial charge in [0.1, 0.15) is 17.3 Å². The maximum Gasteiger partial charge on any atom is 0.132 e. The number of hydrogen-bond donors (Lipinski definition) is 1. The Hall–Kier alpha value is -1.87. The Balaban J connectivity index is 2.25. The standard InChI is InChI=1S/C18H22FNO/c1-4-14-6-9-16(10-7-14)21-18-11-8-15(19)12-17(18)13(3)20-5-2/h6-13,20H,4-5H2,1-3H3. The molecule has 3 heteroatoms. The van der Waals surface area contributed by atoms with Gasteiger partial charge < -0.3 is 10.1 Å². The summed E-state index contributed by atoms with van der Waals surface area (Å²) in [6.07, 6.45) is 1.000. The van der Waals surface area contributed by atoms with Crippen LogP contribution in [0.3, 0.4) is 0 Å². The smallest absolute Gasteiger partial charge is 0.132 e. The molecule has 2 aromatic rings. The van der Waals surface area contributed by atoms with Gasteiger partial charge in [0, 0.05) is 11.6 Å². The van der Waals surface area contributed by atoms with Crippen LogP contribution in [0.5, 0.6) is 11.5 Å². The van der Waals surface area contributed by atoms with Gasteiger partial charge in [-0.3, -0.25) is 0 Å². The third kappa shape index (κ3) is 4.05. The Kier molecular flexibility index (Phi) is 5.34. The highest BCUT2D eigenvalue weighted by Gasteiger charge is 2.13. The van der Waals surface area contributed by atoms with Crippen LogP contribution >= 0.6 is 0 Å². The van der Waals surface area contributed by atoms with Crippen LogP contribution in [0, 0.1) is 5.82 Å². The number of aryl methyl sites for hydroxylation is 1. The number of ether oxygens (including phenoxy) is 1. The van der Waals surface area contributed by atoms with E-state index in [1.165, 1.54) is 17.7 Å². The predicted molar refractivity (Wildman–Crippen MR) is 84.4 cm³/mol. The fraction of sp³-hybridized carbons (Fsp3) is 0.333. The minimum atomic E-state index is -0.247. The van der Waals surface area contributed by atoms with Crippen LogP contribution in [0.1, 0.15) is 37.9 Å². The quantitative estimate of drug-likeness (QED) is 0.820. The van der Waals surface area contributed by atoms with Crippen molar-refractivity contribution in [3.8, 4) is 11.5 Å². The number of benzene rings is 2. The second-order valence-electron chi connectivity index (χ2n) is 5.06. The monoisotopic (exact) mass is 287 g/mol. The zero-order valence-corrected chi connectivity index (χ0v) is 12.8. The van der Waals surface area contributed by atoms with E-state index in [1.54, 1.807) is 6.07 Å². The number of rotatable bonds is 6. The lowest BCUT2D eigenvalue weighted by molar-refractivity contribution is 0.459. The van der Waals surface area contributed by atoms with Crippen LogP contribution in [0.4, 0.5) is 4.39 Å². The molecule has 112 valence electrons. The van der Waals surface area contributed by atoms with Crippen molar-refractivity contribution in [3.05, 3.63) is 59.4 Å². The van der Waals surface area contributed by atoms with Crippen molar-refractivity contribution in [1.82, 2.24) is 5.32 Å². The molecule has 0 amide bonds. The molecule has 1 N–H and O–H groups in total. The second-order valence-corrected chi connectivity index (χ2v) is 5.06. The molecule has 1 atom stereocenters. The van der Waals surface area contributed by atoms with Gasteiger partial charge in [0.25, 0.3) is 0 Å². The van der Waals surface area contributed by atoms with Gasteiger partial charge in [-0.25, -0.2) is 4.39 Å². The van der Waals surface area contributed by atoms with Crippen LogP contribution in [0.15, 0.2) is 42.5 Å². The molecule has 1 unspecified atom stereocenters. The van der Waals surface area contributed by atoms with E-state index in [9.17, 15) is 4.39 Å². The Morgan fingerprint density at radius 2 is 1.81 bits per heavy atom. The topological polar surface area (TPSA) is 21.3 Å². The third-order valence-corrected chi connectivity index (χ3v) is 3.51. The lowest BCUT2D eigenvalue weighted by Gasteiger charge is -2.17. The van der Waals surface area contributed by atoms with Crippen LogP contribution in [0.2, 0.25) is 0 Å². The molecule has 0 aromatic heterocycles. The molecule has 21 heavy (non-hydrogen) atoms. The summed E-state index contributed by atoms with van der Waals surface area (Å²) in [4.78, 5) is 0. The minimum Gasteiger partial charge on any atom is -0.457 e. The van der Waals surface area contributed by atoms with Gasteiger partial charge in [0.05, 0.1) is 0 Å². The SMILES string of the molecule is CCNC(C)c1cc(F)ccc1Oc1ccc(CC)cc1.